The molecule has 0 heterocycles. The molecule has 20 heavy (non-hydrogen) atoms. The summed E-state index contributed by atoms with van der Waals surface area (Å²) in [6, 6.07) is 12.5. The molecule has 0 aliphatic heterocycles. The van der Waals surface area contributed by atoms with Crippen LogP contribution >= 0.6 is 15.9 Å². The van der Waals surface area contributed by atoms with Crippen LogP contribution in [0.1, 0.15) is 22.8 Å². The first-order valence-electron chi connectivity index (χ1n) is 6.32. The summed E-state index contributed by atoms with van der Waals surface area (Å²) < 4.78 is 11.8. The minimum atomic E-state index is -0.421. The van der Waals surface area contributed by atoms with Crippen molar-refractivity contribution < 1.29 is 14.3 Å². The highest BCUT2D eigenvalue weighted by molar-refractivity contribution is 9.10. The van der Waals surface area contributed by atoms with Crippen molar-refractivity contribution in [2.24, 2.45) is 0 Å². The number of aryl methyl sites for hydroxylation is 1. The lowest BCUT2D eigenvalue weighted by Crippen LogP contribution is -2.10. The van der Waals surface area contributed by atoms with Crippen molar-refractivity contribution in [2.75, 3.05) is 6.61 Å². The summed E-state index contributed by atoms with van der Waals surface area (Å²) in [6.45, 7) is 4.32. The Labute approximate surface area is 126 Å². The van der Waals surface area contributed by atoms with E-state index >= 15 is 0 Å². The van der Waals surface area contributed by atoms with Crippen LogP contribution in [0.3, 0.4) is 0 Å². The molecular weight excluding hydrogens is 320 g/mol. The quantitative estimate of drug-likeness (QED) is 0.615. The molecule has 0 radical (unpaired) electrons. The third-order valence-corrected chi connectivity index (χ3v) is 3.64. The van der Waals surface area contributed by atoms with Crippen LogP contribution in [0.25, 0.3) is 0 Å². The fourth-order valence-electron chi connectivity index (χ4n) is 1.76. The van der Waals surface area contributed by atoms with Crippen molar-refractivity contribution in [1.82, 2.24) is 0 Å². The van der Waals surface area contributed by atoms with E-state index in [1.165, 1.54) is 0 Å². The van der Waals surface area contributed by atoms with Crippen molar-refractivity contribution >= 4 is 21.9 Å². The van der Waals surface area contributed by atoms with E-state index in [0.29, 0.717) is 23.7 Å². The Morgan fingerprint density at radius 2 is 1.95 bits per heavy atom. The van der Waals surface area contributed by atoms with Crippen LogP contribution in [0.5, 0.6) is 11.5 Å². The SMILES string of the molecule is CCOc1ccccc1C(=O)Oc1ccc(Br)c(C)c1. The molecule has 2 rings (SSSR count). The van der Waals surface area contributed by atoms with Crippen LogP contribution in [0.2, 0.25) is 0 Å². The number of hydrogen-bond donors (Lipinski definition) is 0. The molecule has 0 saturated heterocycles. The van der Waals surface area contributed by atoms with Gasteiger partial charge in [-0.05, 0) is 49.7 Å². The van der Waals surface area contributed by atoms with Gasteiger partial charge in [0, 0.05) is 4.47 Å². The van der Waals surface area contributed by atoms with Gasteiger partial charge in [-0.1, -0.05) is 28.1 Å². The van der Waals surface area contributed by atoms with E-state index in [0.717, 1.165) is 10.0 Å². The molecule has 0 aliphatic carbocycles. The Balaban J connectivity index is 2.21. The van der Waals surface area contributed by atoms with Gasteiger partial charge in [-0.25, -0.2) is 4.79 Å². The van der Waals surface area contributed by atoms with E-state index in [1.54, 1.807) is 24.3 Å². The molecule has 0 N–H and O–H groups in total. The molecule has 0 fully saturated rings. The first-order valence-corrected chi connectivity index (χ1v) is 7.11. The van der Waals surface area contributed by atoms with Crippen molar-refractivity contribution in [1.29, 1.82) is 0 Å². The summed E-state index contributed by atoms with van der Waals surface area (Å²) in [5.41, 5.74) is 1.43. The summed E-state index contributed by atoms with van der Waals surface area (Å²) in [5, 5.41) is 0. The van der Waals surface area contributed by atoms with Crippen LogP contribution in [-0.2, 0) is 0 Å². The van der Waals surface area contributed by atoms with Gasteiger partial charge in [0.2, 0.25) is 0 Å². The lowest BCUT2D eigenvalue weighted by molar-refractivity contribution is 0.0730. The molecule has 4 heteroatoms. The van der Waals surface area contributed by atoms with Gasteiger partial charge in [0.1, 0.15) is 17.1 Å². The van der Waals surface area contributed by atoms with Crippen molar-refractivity contribution in [3.63, 3.8) is 0 Å². The fraction of sp³-hybridized carbons (Fsp3) is 0.188. The van der Waals surface area contributed by atoms with E-state index in [1.807, 2.05) is 32.0 Å². The van der Waals surface area contributed by atoms with Crippen LogP contribution in [-0.4, -0.2) is 12.6 Å². The minimum absolute atomic E-state index is 0.421. The second-order valence-corrected chi connectivity index (χ2v) is 5.08. The monoisotopic (exact) mass is 334 g/mol. The van der Waals surface area contributed by atoms with Gasteiger partial charge in [0.15, 0.2) is 0 Å². The topological polar surface area (TPSA) is 35.5 Å². The van der Waals surface area contributed by atoms with Gasteiger partial charge < -0.3 is 9.47 Å². The lowest BCUT2D eigenvalue weighted by atomic mass is 10.2. The molecule has 0 saturated carbocycles. The van der Waals surface area contributed by atoms with Gasteiger partial charge in [0.25, 0.3) is 0 Å². The normalized spacial score (nSPS) is 10.2. The molecule has 0 aromatic heterocycles. The molecule has 0 unspecified atom stereocenters. The maximum absolute atomic E-state index is 12.2. The standard InChI is InChI=1S/C16H15BrO3/c1-3-19-15-7-5-4-6-13(15)16(18)20-12-8-9-14(17)11(2)10-12/h4-10H,3H2,1-2H3. The molecule has 0 aliphatic rings. The Bertz CT molecular complexity index is 623. The molecule has 3 nitrogen and oxygen atoms in total. The second-order valence-electron chi connectivity index (χ2n) is 4.23. The van der Waals surface area contributed by atoms with Gasteiger partial charge in [-0.15, -0.1) is 0 Å². The Hall–Kier alpha value is -1.81. The zero-order chi connectivity index (χ0) is 14.5. The molecule has 0 bridgehead atoms. The third kappa shape index (κ3) is 3.39. The predicted octanol–water partition coefficient (Wildman–Crippen LogP) is 4.38. The number of carbonyl (C=O) groups is 1. The van der Waals surface area contributed by atoms with Crippen molar-refractivity contribution in [3.05, 3.63) is 58.1 Å². The van der Waals surface area contributed by atoms with Crippen LogP contribution in [0, 0.1) is 6.92 Å². The average Bonchev–Trinajstić information content (AvgIpc) is 2.44. The van der Waals surface area contributed by atoms with E-state index in [9.17, 15) is 4.79 Å². The summed E-state index contributed by atoms with van der Waals surface area (Å²) in [7, 11) is 0. The maximum Gasteiger partial charge on any atom is 0.347 e. The zero-order valence-electron chi connectivity index (χ0n) is 11.4. The maximum atomic E-state index is 12.2. The average molecular weight is 335 g/mol. The molecule has 2 aromatic carbocycles. The Kier molecular flexibility index (Phi) is 4.79. The first-order chi connectivity index (χ1) is 9.61. The molecule has 2 aromatic rings. The van der Waals surface area contributed by atoms with E-state index in [-0.39, 0.29) is 0 Å². The van der Waals surface area contributed by atoms with Crippen molar-refractivity contribution in [3.8, 4) is 11.5 Å². The number of benzene rings is 2. The highest BCUT2D eigenvalue weighted by atomic mass is 79.9. The van der Waals surface area contributed by atoms with Crippen LogP contribution in [0.15, 0.2) is 46.9 Å². The summed E-state index contributed by atoms with van der Waals surface area (Å²) in [4.78, 5) is 12.2. The van der Waals surface area contributed by atoms with Crippen molar-refractivity contribution in [2.45, 2.75) is 13.8 Å². The fourth-order valence-corrected chi connectivity index (χ4v) is 2.01. The van der Waals surface area contributed by atoms with E-state index < -0.39 is 5.97 Å². The minimum Gasteiger partial charge on any atom is -0.493 e. The number of carbonyl (C=O) groups excluding carboxylic acids is 1. The van der Waals surface area contributed by atoms with Gasteiger partial charge in [-0.2, -0.15) is 0 Å². The zero-order valence-corrected chi connectivity index (χ0v) is 12.9. The Morgan fingerprint density at radius 3 is 2.65 bits per heavy atom. The van der Waals surface area contributed by atoms with Crippen LogP contribution < -0.4 is 9.47 Å². The predicted molar refractivity (Wildman–Crippen MR) is 81.4 cm³/mol. The van der Waals surface area contributed by atoms with Gasteiger partial charge >= 0.3 is 5.97 Å². The van der Waals surface area contributed by atoms with Crippen LogP contribution in [0.4, 0.5) is 0 Å². The number of ether oxygens (including phenoxy) is 2. The van der Waals surface area contributed by atoms with Gasteiger partial charge in [0.05, 0.1) is 6.61 Å². The molecule has 104 valence electrons. The highest BCUT2D eigenvalue weighted by Crippen LogP contribution is 2.24. The highest BCUT2D eigenvalue weighted by Gasteiger charge is 2.14. The third-order valence-electron chi connectivity index (χ3n) is 2.75. The summed E-state index contributed by atoms with van der Waals surface area (Å²) >= 11 is 3.41. The largest absolute Gasteiger partial charge is 0.493 e. The van der Waals surface area contributed by atoms with E-state index in [4.69, 9.17) is 9.47 Å². The number of hydrogen-bond acceptors (Lipinski definition) is 3. The summed E-state index contributed by atoms with van der Waals surface area (Å²) in [5.74, 6) is 0.631. The second kappa shape index (κ2) is 6.57. The molecule has 0 spiro atoms. The first kappa shape index (κ1) is 14.6. The molecule has 0 amide bonds. The number of halogens is 1. The molecule has 0 atom stereocenters. The van der Waals surface area contributed by atoms with E-state index in [2.05, 4.69) is 15.9 Å². The molecular formula is C16H15BrO3. The summed E-state index contributed by atoms with van der Waals surface area (Å²) in [6.07, 6.45) is 0. The van der Waals surface area contributed by atoms with Gasteiger partial charge in [-0.3, -0.25) is 0 Å². The number of rotatable bonds is 4. The Morgan fingerprint density at radius 1 is 1.20 bits per heavy atom. The smallest absolute Gasteiger partial charge is 0.347 e. The lowest BCUT2D eigenvalue weighted by Gasteiger charge is -2.10. The number of para-hydroxylation sites is 1. The number of esters is 1.